The Morgan fingerprint density at radius 2 is 1.50 bits per heavy atom. The van der Waals surface area contributed by atoms with Crippen LogP contribution in [0.5, 0.6) is 0 Å². The molecule has 0 aromatic rings. The van der Waals surface area contributed by atoms with E-state index in [-0.39, 0.29) is 18.4 Å². The zero-order chi connectivity index (χ0) is 15.1. The fourth-order valence-electron chi connectivity index (χ4n) is 2.03. The average Bonchev–Trinajstić information content (AvgIpc) is 2.41. The molecule has 0 aliphatic rings. The van der Waals surface area contributed by atoms with Gasteiger partial charge in [-0.25, -0.2) is 0 Å². The molecule has 0 spiro atoms. The lowest BCUT2D eigenvalue weighted by atomic mass is 9.87. The van der Waals surface area contributed by atoms with E-state index in [2.05, 4.69) is 13.8 Å². The van der Waals surface area contributed by atoms with Crippen molar-refractivity contribution in [1.29, 1.82) is 0 Å². The smallest absolute Gasteiger partial charge is 0.314 e. The van der Waals surface area contributed by atoms with Crippen molar-refractivity contribution in [2.24, 2.45) is 17.6 Å². The van der Waals surface area contributed by atoms with Crippen LogP contribution in [0.4, 0.5) is 0 Å². The fourth-order valence-corrected chi connectivity index (χ4v) is 2.03. The monoisotopic (exact) mass is 308 g/mol. The number of primary amides is 1. The number of hydrogen-bond donors (Lipinski definition) is 1. The number of nitrogens with two attached hydrogens (primary N) is 1. The van der Waals surface area contributed by atoms with Crippen molar-refractivity contribution in [2.45, 2.75) is 40.5 Å². The van der Waals surface area contributed by atoms with Gasteiger partial charge in [-0.15, -0.1) is 0 Å². The third-order valence-electron chi connectivity index (χ3n) is 4.08. The number of quaternary nitrogens is 1. The van der Waals surface area contributed by atoms with Crippen molar-refractivity contribution in [3.8, 4) is 0 Å². The summed E-state index contributed by atoms with van der Waals surface area (Å²) in [5.41, 5.74) is 5.35. The highest BCUT2D eigenvalue weighted by Crippen LogP contribution is 2.21. The maximum atomic E-state index is 12.1. The van der Waals surface area contributed by atoms with Crippen molar-refractivity contribution in [1.82, 2.24) is 0 Å². The molecule has 0 bridgehead atoms. The van der Waals surface area contributed by atoms with Crippen LogP contribution in [0.15, 0.2) is 0 Å². The number of carbonyl (C=O) groups is 2. The Hall–Kier alpha value is -0.810. The van der Waals surface area contributed by atoms with Gasteiger partial charge in [0.25, 0.3) is 0 Å². The van der Waals surface area contributed by atoms with Crippen LogP contribution < -0.4 is 18.1 Å². The van der Waals surface area contributed by atoms with Gasteiger partial charge in [0.15, 0.2) is 0 Å². The Morgan fingerprint density at radius 1 is 1.05 bits per heavy atom. The summed E-state index contributed by atoms with van der Waals surface area (Å²) in [5.74, 6) is -1.59. The summed E-state index contributed by atoms with van der Waals surface area (Å²) in [4.78, 5) is 23.5. The first-order valence-corrected chi connectivity index (χ1v) is 7.14. The summed E-state index contributed by atoms with van der Waals surface area (Å²) in [6.45, 7) is 10.0. The van der Waals surface area contributed by atoms with E-state index < -0.39 is 17.7 Å². The van der Waals surface area contributed by atoms with Gasteiger partial charge in [0.05, 0.1) is 32.0 Å². The lowest BCUT2D eigenvalue weighted by molar-refractivity contribution is -0.922. The summed E-state index contributed by atoms with van der Waals surface area (Å²) in [6, 6.07) is 0. The van der Waals surface area contributed by atoms with E-state index in [1.54, 1.807) is 0 Å². The highest BCUT2D eigenvalue weighted by atomic mass is 35.5. The van der Waals surface area contributed by atoms with Gasteiger partial charge < -0.3 is 22.9 Å². The minimum absolute atomic E-state index is 0. The van der Waals surface area contributed by atoms with Crippen LogP contribution in [-0.2, 0) is 14.3 Å². The first-order chi connectivity index (χ1) is 8.85. The Labute approximate surface area is 128 Å². The van der Waals surface area contributed by atoms with Crippen molar-refractivity contribution >= 4 is 11.9 Å². The van der Waals surface area contributed by atoms with Crippen molar-refractivity contribution in [3.05, 3.63) is 0 Å². The molecule has 0 aliphatic heterocycles. The van der Waals surface area contributed by atoms with Crippen molar-refractivity contribution in [2.75, 3.05) is 26.9 Å². The summed E-state index contributed by atoms with van der Waals surface area (Å²) in [7, 11) is 2.04. The molecule has 1 amide bonds. The number of halogens is 1. The maximum absolute atomic E-state index is 12.1. The third-order valence-corrected chi connectivity index (χ3v) is 4.08. The van der Waals surface area contributed by atoms with Crippen LogP contribution in [-0.4, -0.2) is 43.2 Å². The van der Waals surface area contributed by atoms with E-state index in [1.165, 1.54) is 0 Å². The molecule has 6 heteroatoms. The first-order valence-electron chi connectivity index (χ1n) is 7.14. The molecule has 0 aromatic carbocycles. The molecule has 0 rings (SSSR count). The van der Waals surface area contributed by atoms with Crippen LogP contribution in [0.25, 0.3) is 0 Å². The summed E-state index contributed by atoms with van der Waals surface area (Å²) in [6.07, 6.45) is 1.14. The Bertz CT molecular complexity index is 307. The molecule has 0 heterocycles. The molecular formula is C14H29ClN2O3. The number of rotatable bonds is 9. The van der Waals surface area contributed by atoms with Crippen LogP contribution in [0.3, 0.4) is 0 Å². The normalized spacial score (nSPS) is 14.1. The average molecular weight is 309 g/mol. The molecule has 0 saturated heterocycles. The van der Waals surface area contributed by atoms with Gasteiger partial charge in [0.1, 0.15) is 0 Å². The van der Waals surface area contributed by atoms with Gasteiger partial charge in [0, 0.05) is 0 Å². The lowest BCUT2D eigenvalue weighted by Crippen LogP contribution is -3.00. The molecule has 0 aliphatic carbocycles. The molecule has 2 atom stereocenters. The van der Waals surface area contributed by atoms with E-state index in [4.69, 9.17) is 10.5 Å². The predicted molar refractivity (Wildman–Crippen MR) is 75.0 cm³/mol. The predicted octanol–water partition coefficient (Wildman–Crippen LogP) is -1.48. The van der Waals surface area contributed by atoms with E-state index in [0.29, 0.717) is 24.1 Å². The van der Waals surface area contributed by atoms with Gasteiger partial charge in [-0.05, 0) is 26.7 Å². The van der Waals surface area contributed by atoms with Gasteiger partial charge in [-0.2, -0.15) is 0 Å². The highest BCUT2D eigenvalue weighted by Gasteiger charge is 2.32. The Morgan fingerprint density at radius 3 is 1.80 bits per heavy atom. The largest absolute Gasteiger partial charge is 1.00 e. The van der Waals surface area contributed by atoms with Crippen LogP contribution in [0.2, 0.25) is 0 Å². The summed E-state index contributed by atoms with van der Waals surface area (Å²) < 4.78 is 6.08. The second-order valence-corrected chi connectivity index (χ2v) is 5.28. The molecule has 5 nitrogen and oxygen atoms in total. The van der Waals surface area contributed by atoms with Crippen LogP contribution >= 0.6 is 0 Å². The number of esters is 1. The lowest BCUT2D eigenvalue weighted by Gasteiger charge is -2.32. The highest BCUT2D eigenvalue weighted by molar-refractivity contribution is 5.84. The van der Waals surface area contributed by atoms with Gasteiger partial charge in [-0.3, -0.25) is 14.1 Å². The van der Waals surface area contributed by atoms with E-state index in [0.717, 1.165) is 13.1 Å². The molecule has 2 unspecified atom stereocenters. The van der Waals surface area contributed by atoms with E-state index in [1.807, 2.05) is 20.9 Å². The molecule has 20 heavy (non-hydrogen) atoms. The second kappa shape index (κ2) is 10.00. The minimum atomic E-state index is -0.431. The second-order valence-electron chi connectivity index (χ2n) is 5.28. The number of hydrogen-bond acceptors (Lipinski definition) is 3. The Balaban J connectivity index is 0. The van der Waals surface area contributed by atoms with E-state index >= 15 is 0 Å². The zero-order valence-electron chi connectivity index (χ0n) is 13.3. The first kappa shape index (κ1) is 21.5. The Kier molecular flexibility index (Phi) is 10.7. The molecule has 2 N–H and O–H groups in total. The van der Waals surface area contributed by atoms with Crippen molar-refractivity contribution in [3.63, 3.8) is 0 Å². The van der Waals surface area contributed by atoms with Gasteiger partial charge in [0.2, 0.25) is 12.6 Å². The quantitative estimate of drug-likeness (QED) is 0.321. The van der Waals surface area contributed by atoms with Crippen molar-refractivity contribution < 1.29 is 31.2 Å². The molecular weight excluding hydrogens is 280 g/mol. The molecule has 0 aromatic heterocycles. The third kappa shape index (κ3) is 6.09. The van der Waals surface area contributed by atoms with Crippen LogP contribution in [0, 0.1) is 11.8 Å². The molecule has 0 radical (unpaired) electrons. The number of ether oxygens (including phenoxy) is 1. The van der Waals surface area contributed by atoms with Gasteiger partial charge in [-0.1, -0.05) is 13.8 Å². The van der Waals surface area contributed by atoms with E-state index in [9.17, 15) is 9.59 Å². The summed E-state index contributed by atoms with van der Waals surface area (Å²) in [5, 5.41) is 0. The summed E-state index contributed by atoms with van der Waals surface area (Å²) >= 11 is 0. The molecule has 120 valence electrons. The molecule has 0 saturated carbocycles. The van der Waals surface area contributed by atoms with Crippen LogP contribution in [0.1, 0.15) is 40.5 Å². The number of amides is 1. The molecule has 0 fully saturated rings. The fraction of sp³-hybridized carbons (Fsp3) is 0.857. The number of carbonyl (C=O) groups excluding carboxylic acids is 2. The van der Waals surface area contributed by atoms with Gasteiger partial charge >= 0.3 is 5.97 Å². The number of nitrogens with zero attached hydrogens (tertiary/aromatic N) is 1. The minimum Gasteiger partial charge on any atom is -1.00 e. The SMILES string of the molecule is CCC(C(N)=O)C(CC)C(=O)OC[N+](C)(CC)CC.[Cl-]. The topological polar surface area (TPSA) is 69.4 Å². The standard InChI is InChI=1S/C14H28N2O3.ClH/c1-6-11(13(15)17)12(7-2)14(18)19-10-16(5,8-3)9-4;/h11-12H,6-10H2,1-5H3,(H-,15,17);1H. The maximum Gasteiger partial charge on any atom is 0.314 e. The zero-order valence-corrected chi connectivity index (χ0v) is 14.1.